The van der Waals surface area contributed by atoms with Crippen LogP contribution in [0.4, 0.5) is 0 Å². The van der Waals surface area contributed by atoms with Crippen LogP contribution in [0.5, 0.6) is 5.75 Å². The second-order valence-electron chi connectivity index (χ2n) is 3.37. The number of carboxylic acid groups (broad SMARTS) is 1. The summed E-state index contributed by atoms with van der Waals surface area (Å²) in [5.41, 5.74) is 0.891. The molecule has 0 saturated carbocycles. The monoisotopic (exact) mass is 314 g/mol. The van der Waals surface area contributed by atoms with Crippen molar-refractivity contribution in [1.29, 1.82) is 0 Å². The molecule has 7 heteroatoms. The summed E-state index contributed by atoms with van der Waals surface area (Å²) < 4.78 is 0. The fourth-order valence-electron chi connectivity index (χ4n) is 0.952. The molecule has 2 N–H and O–H groups in total. The molecule has 1 aromatic rings. The van der Waals surface area contributed by atoms with Gasteiger partial charge in [-0.1, -0.05) is 19.1 Å². The van der Waals surface area contributed by atoms with Gasteiger partial charge in [0, 0.05) is 12.5 Å². The third-order valence-electron chi connectivity index (χ3n) is 1.88. The molecule has 0 aliphatic carbocycles. The van der Waals surface area contributed by atoms with E-state index < -0.39 is 12.0 Å². The highest BCUT2D eigenvalue weighted by atomic mass is 35.8. The molecule has 0 radical (unpaired) electrons. The number of benzene rings is 1. The lowest BCUT2D eigenvalue weighted by atomic mass is 10.1. The summed E-state index contributed by atoms with van der Waals surface area (Å²) in [6.07, 6.45) is 0. The summed E-state index contributed by atoms with van der Waals surface area (Å²) in [5, 5.41) is 16.5. The van der Waals surface area contributed by atoms with Crippen molar-refractivity contribution in [2.45, 2.75) is 19.4 Å². The molecule has 0 aliphatic rings. The standard InChI is InChI=1S/C8H9Cl3OSi.C2H4O2/c1-6(13(9,10)11)7-2-4-8(12)5-3-7;1-2(3)4/h2-6,12H,1H3;1H3,(H,3,4). The van der Waals surface area contributed by atoms with Crippen LogP contribution in [0, 0.1) is 0 Å². The Balaban J connectivity index is 0.000000557. The number of aromatic hydroxyl groups is 1. The summed E-state index contributed by atoms with van der Waals surface area (Å²) in [6.45, 7) is 2.96. The van der Waals surface area contributed by atoms with Crippen molar-refractivity contribution in [2.24, 2.45) is 0 Å². The number of hydrogen-bond acceptors (Lipinski definition) is 2. The van der Waals surface area contributed by atoms with Crippen molar-refractivity contribution in [3.05, 3.63) is 29.8 Å². The lowest BCUT2D eigenvalue weighted by Gasteiger charge is -2.17. The maximum absolute atomic E-state index is 9.05. The molecule has 1 atom stereocenters. The Bertz CT molecular complexity index is 358. The zero-order chi connectivity index (χ0) is 13.6. The van der Waals surface area contributed by atoms with Crippen LogP contribution in [0.25, 0.3) is 0 Å². The number of hydrogen-bond donors (Lipinski definition) is 2. The molecule has 0 heterocycles. The summed E-state index contributed by atoms with van der Waals surface area (Å²) in [7, 11) is 0. The molecule has 0 bridgehead atoms. The number of carbonyl (C=O) groups is 1. The van der Waals surface area contributed by atoms with Crippen molar-refractivity contribution in [1.82, 2.24) is 0 Å². The van der Waals surface area contributed by atoms with Crippen LogP contribution in [0.2, 0.25) is 0 Å². The molecule has 0 amide bonds. The maximum Gasteiger partial charge on any atom is 0.348 e. The van der Waals surface area contributed by atoms with Crippen LogP contribution >= 0.6 is 33.2 Å². The van der Waals surface area contributed by atoms with Crippen LogP contribution in [0.3, 0.4) is 0 Å². The second-order valence-corrected chi connectivity index (χ2v) is 12.4. The highest BCUT2D eigenvalue weighted by Crippen LogP contribution is 2.36. The first-order chi connectivity index (χ1) is 7.64. The second kappa shape index (κ2) is 7.11. The summed E-state index contributed by atoms with van der Waals surface area (Å²) in [5.74, 6) is -0.609. The SMILES string of the molecule is CC(=O)O.CC(c1ccc(O)cc1)[Si](Cl)(Cl)Cl. The molecule has 0 aromatic heterocycles. The Morgan fingerprint density at radius 3 is 1.88 bits per heavy atom. The fraction of sp³-hybridized carbons (Fsp3) is 0.300. The molecule has 96 valence electrons. The lowest BCUT2D eigenvalue weighted by molar-refractivity contribution is -0.134. The number of rotatable bonds is 2. The molecule has 0 fully saturated rings. The molecular weight excluding hydrogens is 303 g/mol. The van der Waals surface area contributed by atoms with E-state index in [0.717, 1.165) is 12.5 Å². The van der Waals surface area contributed by atoms with Gasteiger partial charge in [0.1, 0.15) is 5.75 Å². The van der Waals surface area contributed by atoms with Gasteiger partial charge in [-0.15, -0.1) is 33.2 Å². The van der Waals surface area contributed by atoms with Crippen LogP contribution in [-0.2, 0) is 4.79 Å². The van der Waals surface area contributed by atoms with Gasteiger partial charge in [-0.2, -0.15) is 0 Å². The highest BCUT2D eigenvalue weighted by Gasteiger charge is 2.34. The van der Waals surface area contributed by atoms with Gasteiger partial charge in [-0.05, 0) is 17.7 Å². The number of phenols is 1. The maximum atomic E-state index is 9.05. The Morgan fingerprint density at radius 1 is 1.24 bits per heavy atom. The van der Waals surface area contributed by atoms with E-state index in [9.17, 15) is 0 Å². The van der Waals surface area contributed by atoms with Crippen LogP contribution in [0.15, 0.2) is 24.3 Å². The number of carboxylic acids is 1. The molecule has 17 heavy (non-hydrogen) atoms. The highest BCUT2D eigenvalue weighted by molar-refractivity contribution is 7.65. The Morgan fingerprint density at radius 2 is 1.59 bits per heavy atom. The first kappa shape index (κ1) is 16.6. The van der Waals surface area contributed by atoms with Gasteiger partial charge in [-0.25, -0.2) is 0 Å². The van der Waals surface area contributed by atoms with Gasteiger partial charge >= 0.3 is 6.00 Å². The van der Waals surface area contributed by atoms with E-state index in [-0.39, 0.29) is 11.3 Å². The molecule has 0 saturated heterocycles. The predicted octanol–water partition coefficient (Wildman–Crippen LogP) is 3.78. The van der Waals surface area contributed by atoms with Crippen molar-refractivity contribution < 1.29 is 15.0 Å². The molecule has 1 aromatic carbocycles. The van der Waals surface area contributed by atoms with E-state index in [4.69, 9.17) is 48.2 Å². The Kier molecular flexibility index (Phi) is 6.93. The minimum Gasteiger partial charge on any atom is -0.508 e. The summed E-state index contributed by atoms with van der Waals surface area (Å²) in [6, 6.07) is 4.05. The predicted molar refractivity (Wildman–Crippen MR) is 73.1 cm³/mol. The zero-order valence-electron chi connectivity index (χ0n) is 9.32. The van der Waals surface area contributed by atoms with Gasteiger partial charge in [0.25, 0.3) is 5.97 Å². The van der Waals surface area contributed by atoms with Gasteiger partial charge < -0.3 is 10.2 Å². The van der Waals surface area contributed by atoms with Gasteiger partial charge in [0.2, 0.25) is 0 Å². The first-order valence-corrected chi connectivity index (χ1v) is 9.81. The van der Waals surface area contributed by atoms with Gasteiger partial charge in [-0.3, -0.25) is 4.79 Å². The van der Waals surface area contributed by atoms with E-state index in [2.05, 4.69) is 0 Å². The number of aliphatic carboxylic acids is 1. The smallest absolute Gasteiger partial charge is 0.348 e. The van der Waals surface area contributed by atoms with E-state index in [1.807, 2.05) is 6.92 Å². The molecule has 3 nitrogen and oxygen atoms in total. The van der Waals surface area contributed by atoms with Gasteiger partial charge in [0.15, 0.2) is 0 Å². The van der Waals surface area contributed by atoms with Crippen molar-refractivity contribution in [3.8, 4) is 5.75 Å². The van der Waals surface area contributed by atoms with E-state index >= 15 is 0 Å². The normalized spacial score (nSPS) is 12.3. The zero-order valence-corrected chi connectivity index (χ0v) is 12.6. The Labute approximate surface area is 115 Å². The number of halogens is 3. The lowest BCUT2D eigenvalue weighted by Crippen LogP contribution is -2.20. The molecule has 1 rings (SSSR count). The minimum absolute atomic E-state index is 0.0573. The third-order valence-corrected chi connectivity index (χ3v) is 6.15. The number of phenolic OH excluding ortho intramolecular Hbond substituents is 1. The van der Waals surface area contributed by atoms with Crippen LogP contribution in [-0.4, -0.2) is 22.2 Å². The Hall–Kier alpha value is -0.423. The average molecular weight is 316 g/mol. The topological polar surface area (TPSA) is 57.5 Å². The van der Waals surface area contributed by atoms with E-state index in [0.29, 0.717) is 0 Å². The van der Waals surface area contributed by atoms with E-state index in [1.165, 1.54) is 0 Å². The minimum atomic E-state index is -2.68. The summed E-state index contributed by atoms with van der Waals surface area (Å²) in [4.78, 5) is 9.00. The van der Waals surface area contributed by atoms with Crippen LogP contribution in [0.1, 0.15) is 25.0 Å². The van der Waals surface area contributed by atoms with Crippen LogP contribution < -0.4 is 0 Å². The fourth-order valence-corrected chi connectivity index (χ4v) is 2.66. The summed E-state index contributed by atoms with van der Waals surface area (Å²) >= 11 is 17.6. The molecule has 0 spiro atoms. The van der Waals surface area contributed by atoms with E-state index in [1.54, 1.807) is 24.3 Å². The van der Waals surface area contributed by atoms with Crippen molar-refractivity contribution in [2.75, 3.05) is 0 Å². The molecule has 0 aliphatic heterocycles. The third kappa shape index (κ3) is 7.49. The largest absolute Gasteiger partial charge is 0.508 e. The molecular formula is C10H13Cl3O3Si. The average Bonchev–Trinajstić information content (AvgIpc) is 2.15. The first-order valence-electron chi connectivity index (χ1n) is 4.69. The van der Waals surface area contributed by atoms with Gasteiger partial charge in [0.05, 0.1) is 0 Å². The quantitative estimate of drug-likeness (QED) is 0.645. The van der Waals surface area contributed by atoms with Crippen molar-refractivity contribution in [3.63, 3.8) is 0 Å². The van der Waals surface area contributed by atoms with Crippen molar-refractivity contribution >= 4 is 45.2 Å². The molecule has 1 unspecified atom stereocenters.